The van der Waals surface area contributed by atoms with Gasteiger partial charge < -0.3 is 33.8 Å². The van der Waals surface area contributed by atoms with E-state index in [1.54, 1.807) is 0 Å². The number of carbonyl (C=O) groups is 4. The summed E-state index contributed by atoms with van der Waals surface area (Å²) in [5, 5.41) is 10.6. The van der Waals surface area contributed by atoms with E-state index in [-0.39, 0.29) is 25.7 Å². The van der Waals surface area contributed by atoms with E-state index in [4.69, 9.17) is 37.0 Å². The SMILES string of the molecule is CCCCCCCCCCCCCCCCCCCCCCCC(=O)O[C@H](COC(=O)CCCCCCCCCCCCCCCC)COP(=O)(O)OC[C@@H](O)COP(=O)(O)OC[C@@H](COC(=O)CCCCCCCCCCC(C)CC)OC(=O)CCCCCCCCCCCC(C)C. The normalized spacial score (nSPS) is 14.2. The maximum atomic E-state index is 13.1. The quantitative estimate of drug-likeness (QED) is 0.0222. The Balaban J connectivity index is 5.22. The zero-order valence-electron chi connectivity index (χ0n) is 64.8. The van der Waals surface area contributed by atoms with Crippen LogP contribution in [0, 0.1) is 11.8 Å². The number of phosphoric acid groups is 2. The topological polar surface area (TPSA) is 237 Å². The molecule has 6 atom stereocenters. The molecule has 17 nitrogen and oxygen atoms in total. The molecule has 0 saturated heterocycles. The molecule has 3 unspecified atom stereocenters. The number of ether oxygens (including phenoxy) is 4. The van der Waals surface area contributed by atoms with Crippen LogP contribution in [0.5, 0.6) is 0 Å². The van der Waals surface area contributed by atoms with Crippen molar-refractivity contribution in [3.63, 3.8) is 0 Å². The molecule has 0 aliphatic carbocycles. The molecule has 3 N–H and O–H groups in total. The second kappa shape index (κ2) is 71.7. The number of carbonyl (C=O) groups excluding carboxylic acids is 4. The molecular formula is C80H156O17P2. The van der Waals surface area contributed by atoms with E-state index in [0.717, 1.165) is 102 Å². The summed E-state index contributed by atoms with van der Waals surface area (Å²) in [4.78, 5) is 73.0. The van der Waals surface area contributed by atoms with Gasteiger partial charge in [0.1, 0.15) is 19.3 Å². The minimum Gasteiger partial charge on any atom is -0.462 e. The van der Waals surface area contributed by atoms with Crippen LogP contribution in [0.2, 0.25) is 0 Å². The standard InChI is InChI=1S/C80H156O17P2/c1-7-10-12-14-16-18-20-22-24-25-26-27-28-29-30-32-34-38-46-52-58-64-79(84)96-75(68-90-77(82)62-56-50-44-37-33-31-23-21-19-17-15-13-11-8-2)70-94-98(86,87)92-66-74(81)67-93-99(88,89)95-71-76(97-80(85)65-59-53-47-39-35-36-42-48-54-60-72(4)5)69-91-78(83)63-57-51-45-41-40-43-49-55-61-73(6)9-3/h72-76,81H,7-71H2,1-6H3,(H,86,87)(H,88,89)/t73?,74-,75-,76-/m1/s1. The van der Waals surface area contributed by atoms with E-state index in [2.05, 4.69) is 41.5 Å². The number of esters is 4. The molecule has 0 rings (SSSR count). The van der Waals surface area contributed by atoms with Crippen LogP contribution >= 0.6 is 15.6 Å². The first kappa shape index (κ1) is 97.1. The summed E-state index contributed by atoms with van der Waals surface area (Å²) in [7, 11) is -9.92. The van der Waals surface area contributed by atoms with Crippen LogP contribution in [0.25, 0.3) is 0 Å². The number of aliphatic hydroxyl groups excluding tert-OH is 1. The first-order valence-electron chi connectivity index (χ1n) is 41.5. The second-order valence-electron chi connectivity index (χ2n) is 29.5. The predicted octanol–water partition coefficient (Wildman–Crippen LogP) is 23.9. The third kappa shape index (κ3) is 72.8. The van der Waals surface area contributed by atoms with Crippen molar-refractivity contribution < 1.29 is 80.2 Å². The summed E-state index contributed by atoms with van der Waals surface area (Å²) < 4.78 is 68.7. The van der Waals surface area contributed by atoms with Gasteiger partial charge in [0.15, 0.2) is 12.2 Å². The molecular weight excluding hydrogens is 1290 g/mol. The summed E-state index contributed by atoms with van der Waals surface area (Å²) >= 11 is 0. The first-order valence-corrected chi connectivity index (χ1v) is 44.5. The van der Waals surface area contributed by atoms with Gasteiger partial charge in [-0.25, -0.2) is 9.13 Å². The molecule has 0 radical (unpaired) electrons. The van der Waals surface area contributed by atoms with Crippen molar-refractivity contribution in [1.29, 1.82) is 0 Å². The maximum absolute atomic E-state index is 13.1. The molecule has 0 aliphatic heterocycles. The van der Waals surface area contributed by atoms with Crippen molar-refractivity contribution in [2.45, 2.75) is 439 Å². The largest absolute Gasteiger partial charge is 0.472 e. The molecule has 0 saturated carbocycles. The molecule has 0 fully saturated rings. The van der Waals surface area contributed by atoms with Crippen LogP contribution < -0.4 is 0 Å². The van der Waals surface area contributed by atoms with E-state index in [0.29, 0.717) is 25.7 Å². The van der Waals surface area contributed by atoms with Crippen molar-refractivity contribution in [2.24, 2.45) is 11.8 Å². The van der Waals surface area contributed by atoms with Crippen LogP contribution in [0.1, 0.15) is 420 Å². The van der Waals surface area contributed by atoms with Crippen LogP contribution in [-0.2, 0) is 65.4 Å². The van der Waals surface area contributed by atoms with E-state index < -0.39 is 97.5 Å². The third-order valence-corrected chi connectivity index (χ3v) is 21.0. The minimum atomic E-state index is -4.96. The van der Waals surface area contributed by atoms with E-state index in [1.165, 1.54) is 238 Å². The number of aliphatic hydroxyl groups is 1. The molecule has 0 aromatic rings. The van der Waals surface area contributed by atoms with Crippen LogP contribution in [-0.4, -0.2) is 96.7 Å². The fourth-order valence-corrected chi connectivity index (χ4v) is 13.9. The molecule has 0 bridgehead atoms. The lowest BCUT2D eigenvalue weighted by Gasteiger charge is -2.21. The third-order valence-electron chi connectivity index (χ3n) is 19.1. The molecule has 0 aromatic carbocycles. The summed E-state index contributed by atoms with van der Waals surface area (Å²) in [5.41, 5.74) is 0. The number of hydrogen-bond acceptors (Lipinski definition) is 15. The summed E-state index contributed by atoms with van der Waals surface area (Å²) in [6.07, 6.45) is 61.1. The fraction of sp³-hybridized carbons (Fsp3) is 0.950. The van der Waals surface area contributed by atoms with Gasteiger partial charge in [-0.2, -0.15) is 0 Å². The molecule has 588 valence electrons. The van der Waals surface area contributed by atoms with Crippen LogP contribution in [0.15, 0.2) is 0 Å². The Labute approximate surface area is 607 Å². The number of unbranched alkanes of at least 4 members (excludes halogenated alkanes) is 48. The Morgan fingerprint density at radius 3 is 0.768 bits per heavy atom. The highest BCUT2D eigenvalue weighted by Crippen LogP contribution is 2.45. The highest BCUT2D eigenvalue weighted by Gasteiger charge is 2.30. The van der Waals surface area contributed by atoms with Gasteiger partial charge in [0.2, 0.25) is 0 Å². The lowest BCUT2D eigenvalue weighted by Crippen LogP contribution is -2.30. The van der Waals surface area contributed by atoms with Crippen molar-refractivity contribution in [2.75, 3.05) is 39.6 Å². The predicted molar refractivity (Wildman–Crippen MR) is 405 cm³/mol. The van der Waals surface area contributed by atoms with Gasteiger partial charge in [0.05, 0.1) is 26.4 Å². The molecule has 0 aromatic heterocycles. The smallest absolute Gasteiger partial charge is 0.462 e. The van der Waals surface area contributed by atoms with Crippen molar-refractivity contribution in [3.05, 3.63) is 0 Å². The van der Waals surface area contributed by atoms with Crippen molar-refractivity contribution in [1.82, 2.24) is 0 Å². The monoisotopic (exact) mass is 1450 g/mol. The molecule has 0 amide bonds. The minimum absolute atomic E-state index is 0.105. The molecule has 0 heterocycles. The van der Waals surface area contributed by atoms with Crippen molar-refractivity contribution in [3.8, 4) is 0 Å². The van der Waals surface area contributed by atoms with E-state index in [9.17, 15) is 43.2 Å². The fourth-order valence-electron chi connectivity index (χ4n) is 12.3. The molecule has 99 heavy (non-hydrogen) atoms. The summed E-state index contributed by atoms with van der Waals surface area (Å²) in [6, 6.07) is 0. The average molecular weight is 1450 g/mol. The lowest BCUT2D eigenvalue weighted by atomic mass is 9.99. The van der Waals surface area contributed by atoms with Gasteiger partial charge in [-0.05, 0) is 37.5 Å². The Kier molecular flexibility index (Phi) is 70.3. The molecule has 19 heteroatoms. The Hall–Kier alpha value is -1.94. The van der Waals surface area contributed by atoms with E-state index in [1.807, 2.05) is 0 Å². The molecule has 0 aliphatic rings. The summed E-state index contributed by atoms with van der Waals surface area (Å²) in [5.74, 6) is -0.597. The zero-order chi connectivity index (χ0) is 72.8. The van der Waals surface area contributed by atoms with Gasteiger partial charge in [-0.3, -0.25) is 37.3 Å². The highest BCUT2D eigenvalue weighted by atomic mass is 31.2. The number of hydrogen-bond donors (Lipinski definition) is 3. The number of rotatable bonds is 79. The van der Waals surface area contributed by atoms with Gasteiger partial charge in [0.25, 0.3) is 0 Å². The van der Waals surface area contributed by atoms with Crippen LogP contribution in [0.3, 0.4) is 0 Å². The first-order chi connectivity index (χ1) is 47.9. The van der Waals surface area contributed by atoms with Gasteiger partial charge in [-0.15, -0.1) is 0 Å². The Bertz CT molecular complexity index is 1910. The van der Waals surface area contributed by atoms with Crippen LogP contribution in [0.4, 0.5) is 0 Å². The second-order valence-corrected chi connectivity index (χ2v) is 32.4. The zero-order valence-corrected chi connectivity index (χ0v) is 66.6. The van der Waals surface area contributed by atoms with E-state index >= 15 is 0 Å². The van der Waals surface area contributed by atoms with Crippen molar-refractivity contribution >= 4 is 39.5 Å². The average Bonchev–Trinajstić information content (AvgIpc) is 1.05. The Morgan fingerprint density at radius 2 is 0.515 bits per heavy atom. The Morgan fingerprint density at radius 1 is 0.293 bits per heavy atom. The molecule has 0 spiro atoms. The lowest BCUT2D eigenvalue weighted by molar-refractivity contribution is -0.161. The highest BCUT2D eigenvalue weighted by molar-refractivity contribution is 7.47. The van der Waals surface area contributed by atoms with Gasteiger partial charge in [-0.1, -0.05) is 369 Å². The summed E-state index contributed by atoms with van der Waals surface area (Å²) in [6.45, 7) is 9.60. The van der Waals surface area contributed by atoms with Gasteiger partial charge in [0, 0.05) is 25.7 Å². The number of phosphoric ester groups is 2. The maximum Gasteiger partial charge on any atom is 0.472 e. The van der Waals surface area contributed by atoms with Gasteiger partial charge >= 0.3 is 39.5 Å².